The van der Waals surface area contributed by atoms with Gasteiger partial charge < -0.3 is 15.2 Å². The molecule has 1 aliphatic rings. The van der Waals surface area contributed by atoms with Gasteiger partial charge in [0.1, 0.15) is 4.83 Å². The van der Waals surface area contributed by atoms with Crippen LogP contribution in [0.2, 0.25) is 0 Å². The lowest BCUT2D eigenvalue weighted by atomic mass is 9.98. The minimum Gasteiger partial charge on any atom is -0.324 e. The first kappa shape index (κ1) is 23.5. The molecule has 0 bridgehead atoms. The van der Waals surface area contributed by atoms with Crippen LogP contribution in [0.15, 0.2) is 34.2 Å². The van der Waals surface area contributed by atoms with Gasteiger partial charge in [-0.15, -0.1) is 11.3 Å². The molecule has 3 aromatic rings. The maximum atomic E-state index is 12.8. The van der Waals surface area contributed by atoms with Crippen molar-refractivity contribution in [3.63, 3.8) is 0 Å². The second-order valence-electron chi connectivity index (χ2n) is 8.41. The number of carbonyl (C=O) groups excluding carboxylic acids is 2. The van der Waals surface area contributed by atoms with Crippen molar-refractivity contribution in [3.05, 3.63) is 45.1 Å². The van der Waals surface area contributed by atoms with E-state index in [1.54, 1.807) is 11.0 Å². The Labute approximate surface area is 201 Å². The first-order chi connectivity index (χ1) is 15.9. The molecule has 1 saturated heterocycles. The van der Waals surface area contributed by atoms with Crippen molar-refractivity contribution in [2.24, 2.45) is 5.92 Å². The summed E-state index contributed by atoms with van der Waals surface area (Å²) in [5.74, 6) is 0.444. The molecule has 0 aliphatic carbocycles. The van der Waals surface area contributed by atoms with Gasteiger partial charge >= 0.3 is 0 Å². The van der Waals surface area contributed by atoms with Gasteiger partial charge in [0, 0.05) is 17.8 Å². The number of para-hydroxylation sites is 2. The number of anilines is 2. The molecule has 2 aromatic heterocycles. The Morgan fingerprint density at radius 3 is 2.85 bits per heavy atom. The Morgan fingerprint density at radius 1 is 1.33 bits per heavy atom. The van der Waals surface area contributed by atoms with Crippen molar-refractivity contribution in [2.45, 2.75) is 51.6 Å². The molecular formula is C24H28N4O3S2. The molecule has 33 heavy (non-hydrogen) atoms. The highest BCUT2D eigenvalue weighted by Gasteiger charge is 2.24. The standard InChI is InChI=1S/C24H28N4O3S2/c1-4-14(2)12-16-15(3)33-23-21(16)22(31)26-24(27-23)32-13-19(29)25-17-8-5-6-9-18(17)28-11-7-10-20(28)30/h5-6,8-9,14H,4,7,10-13H2,1-3H3,(H,25,29)(H,26,27,31). The summed E-state index contributed by atoms with van der Waals surface area (Å²) < 4.78 is 0. The van der Waals surface area contributed by atoms with Gasteiger partial charge in [-0.3, -0.25) is 14.4 Å². The predicted octanol–water partition coefficient (Wildman–Crippen LogP) is 4.74. The quantitative estimate of drug-likeness (QED) is 0.356. The van der Waals surface area contributed by atoms with Crippen molar-refractivity contribution in [3.8, 4) is 0 Å². The summed E-state index contributed by atoms with van der Waals surface area (Å²) in [7, 11) is 0. The predicted molar refractivity (Wildman–Crippen MR) is 136 cm³/mol. The van der Waals surface area contributed by atoms with Gasteiger partial charge in [0.15, 0.2) is 5.16 Å². The smallest absolute Gasteiger partial charge is 0.260 e. The van der Waals surface area contributed by atoms with Crippen molar-refractivity contribution < 1.29 is 9.59 Å². The van der Waals surface area contributed by atoms with Crippen LogP contribution in [0.4, 0.5) is 11.4 Å². The van der Waals surface area contributed by atoms with E-state index >= 15 is 0 Å². The first-order valence-electron chi connectivity index (χ1n) is 11.2. The largest absolute Gasteiger partial charge is 0.324 e. The molecule has 9 heteroatoms. The fourth-order valence-electron chi connectivity index (χ4n) is 4.00. The number of aromatic nitrogens is 2. The summed E-state index contributed by atoms with van der Waals surface area (Å²) in [4.78, 5) is 48.6. The van der Waals surface area contributed by atoms with Gasteiger partial charge in [0.05, 0.1) is 22.5 Å². The molecule has 4 rings (SSSR count). The molecule has 174 valence electrons. The average Bonchev–Trinajstić information content (AvgIpc) is 3.35. The van der Waals surface area contributed by atoms with Crippen LogP contribution in [0.25, 0.3) is 10.2 Å². The van der Waals surface area contributed by atoms with E-state index in [2.05, 4.69) is 29.1 Å². The van der Waals surface area contributed by atoms with E-state index in [1.165, 1.54) is 23.1 Å². The third-order valence-corrected chi connectivity index (χ3v) is 7.89. The second-order valence-corrected chi connectivity index (χ2v) is 10.6. The lowest BCUT2D eigenvalue weighted by Crippen LogP contribution is -2.26. The molecule has 1 fully saturated rings. The van der Waals surface area contributed by atoms with Crippen LogP contribution in [-0.2, 0) is 16.0 Å². The Kier molecular flexibility index (Phi) is 7.19. The molecule has 2 N–H and O–H groups in total. The molecule has 2 amide bonds. The lowest BCUT2D eigenvalue weighted by molar-refractivity contribution is -0.117. The van der Waals surface area contributed by atoms with E-state index in [9.17, 15) is 14.4 Å². The van der Waals surface area contributed by atoms with Crippen LogP contribution in [-0.4, -0.2) is 34.1 Å². The summed E-state index contributed by atoms with van der Waals surface area (Å²) in [6.07, 6.45) is 3.27. The minimum atomic E-state index is -0.221. The summed E-state index contributed by atoms with van der Waals surface area (Å²) in [6.45, 7) is 7.03. The third kappa shape index (κ3) is 5.14. The Morgan fingerprint density at radius 2 is 2.12 bits per heavy atom. The highest BCUT2D eigenvalue weighted by atomic mass is 32.2. The number of thioether (sulfide) groups is 1. The van der Waals surface area contributed by atoms with Gasteiger partial charge in [0.25, 0.3) is 5.56 Å². The van der Waals surface area contributed by atoms with E-state index < -0.39 is 0 Å². The van der Waals surface area contributed by atoms with Crippen LogP contribution in [0.3, 0.4) is 0 Å². The zero-order valence-electron chi connectivity index (χ0n) is 19.1. The highest BCUT2D eigenvalue weighted by Crippen LogP contribution is 2.31. The van der Waals surface area contributed by atoms with Crippen LogP contribution >= 0.6 is 23.1 Å². The van der Waals surface area contributed by atoms with Crippen LogP contribution in [0.5, 0.6) is 0 Å². The number of nitrogens with one attached hydrogen (secondary N) is 2. The Hall–Kier alpha value is -2.65. The number of aromatic amines is 1. The summed E-state index contributed by atoms with van der Waals surface area (Å²) in [6, 6.07) is 7.32. The number of nitrogens with zero attached hydrogens (tertiary/aromatic N) is 2. The lowest BCUT2D eigenvalue weighted by Gasteiger charge is -2.19. The summed E-state index contributed by atoms with van der Waals surface area (Å²) in [5, 5.41) is 4.01. The fourth-order valence-corrected chi connectivity index (χ4v) is 5.77. The molecule has 1 atom stereocenters. The number of H-pyrrole nitrogens is 1. The molecule has 0 radical (unpaired) electrons. The topological polar surface area (TPSA) is 95.2 Å². The number of fused-ring (bicyclic) bond motifs is 1. The van der Waals surface area contributed by atoms with Crippen LogP contribution < -0.4 is 15.8 Å². The van der Waals surface area contributed by atoms with Crippen LogP contribution in [0.1, 0.15) is 43.6 Å². The number of benzene rings is 1. The van der Waals surface area contributed by atoms with Gasteiger partial charge in [-0.1, -0.05) is 44.2 Å². The van der Waals surface area contributed by atoms with Gasteiger partial charge in [0.2, 0.25) is 11.8 Å². The van der Waals surface area contributed by atoms with Crippen LogP contribution in [0, 0.1) is 12.8 Å². The average molecular weight is 485 g/mol. The number of aryl methyl sites for hydroxylation is 1. The second kappa shape index (κ2) is 10.1. The maximum Gasteiger partial charge on any atom is 0.260 e. The number of carbonyl (C=O) groups is 2. The van der Waals surface area contributed by atoms with Crippen molar-refractivity contribution in [1.29, 1.82) is 0 Å². The monoisotopic (exact) mass is 484 g/mol. The van der Waals surface area contributed by atoms with Crippen molar-refractivity contribution >= 4 is 56.5 Å². The fraction of sp³-hybridized carbons (Fsp3) is 0.417. The zero-order chi connectivity index (χ0) is 23.5. The summed E-state index contributed by atoms with van der Waals surface area (Å²) in [5.41, 5.74) is 2.26. The zero-order valence-corrected chi connectivity index (χ0v) is 20.7. The van der Waals surface area contributed by atoms with E-state index in [0.29, 0.717) is 40.8 Å². The van der Waals surface area contributed by atoms with E-state index in [-0.39, 0.29) is 23.1 Å². The normalized spacial score (nSPS) is 14.8. The molecular weight excluding hydrogens is 456 g/mol. The molecule has 0 saturated carbocycles. The van der Waals surface area contributed by atoms with Crippen molar-refractivity contribution in [2.75, 3.05) is 22.5 Å². The van der Waals surface area contributed by atoms with Gasteiger partial charge in [-0.2, -0.15) is 0 Å². The van der Waals surface area contributed by atoms with E-state index in [0.717, 1.165) is 34.5 Å². The molecule has 1 aromatic carbocycles. The number of hydrogen-bond donors (Lipinski definition) is 2. The number of hydrogen-bond acceptors (Lipinski definition) is 6. The first-order valence-corrected chi connectivity index (χ1v) is 13.0. The Bertz CT molecular complexity index is 1250. The highest BCUT2D eigenvalue weighted by molar-refractivity contribution is 7.99. The minimum absolute atomic E-state index is 0.0695. The van der Waals surface area contributed by atoms with Gasteiger partial charge in [-0.05, 0) is 43.4 Å². The molecule has 1 unspecified atom stereocenters. The number of amides is 2. The number of thiophene rings is 1. The number of rotatable bonds is 8. The molecule has 0 spiro atoms. The van der Waals surface area contributed by atoms with Crippen molar-refractivity contribution in [1.82, 2.24) is 9.97 Å². The SMILES string of the molecule is CCC(C)Cc1c(C)sc2nc(SCC(=O)Nc3ccccc3N3CCCC3=O)[nH]c(=O)c12. The third-order valence-electron chi connectivity index (χ3n) is 5.97. The maximum absolute atomic E-state index is 12.8. The molecule has 3 heterocycles. The van der Waals surface area contributed by atoms with Gasteiger partial charge in [-0.25, -0.2) is 4.98 Å². The Balaban J connectivity index is 1.47. The molecule has 1 aliphatic heterocycles. The summed E-state index contributed by atoms with van der Waals surface area (Å²) >= 11 is 2.73. The van der Waals surface area contributed by atoms with E-state index in [1.807, 2.05) is 25.1 Å². The molecule has 7 nitrogen and oxygen atoms in total. The van der Waals surface area contributed by atoms with E-state index in [4.69, 9.17) is 0 Å².